The maximum absolute atomic E-state index is 4.73. The van der Waals surface area contributed by atoms with Gasteiger partial charge in [0.05, 0.1) is 6.54 Å². The van der Waals surface area contributed by atoms with Crippen LogP contribution < -0.4 is 10.6 Å². The second kappa shape index (κ2) is 8.36. The molecule has 0 saturated heterocycles. The van der Waals surface area contributed by atoms with Gasteiger partial charge in [0.15, 0.2) is 5.96 Å². The van der Waals surface area contributed by atoms with Crippen LogP contribution in [0.25, 0.3) is 10.8 Å². The third kappa shape index (κ3) is 4.60. The van der Waals surface area contributed by atoms with E-state index in [1.807, 2.05) is 0 Å². The van der Waals surface area contributed by atoms with Crippen LogP contribution in [0.2, 0.25) is 0 Å². The number of rotatable bonds is 5. The average Bonchev–Trinajstić information content (AvgIpc) is 3.34. The summed E-state index contributed by atoms with van der Waals surface area (Å²) in [5.74, 6) is 1.78. The summed E-state index contributed by atoms with van der Waals surface area (Å²) in [7, 11) is 0. The molecule has 3 rings (SSSR count). The average molecular weight is 409 g/mol. The fourth-order valence-electron chi connectivity index (χ4n) is 2.50. The van der Waals surface area contributed by atoms with Crippen molar-refractivity contribution in [2.24, 2.45) is 10.9 Å². The Morgan fingerprint density at radius 2 is 1.86 bits per heavy atom. The molecule has 1 saturated carbocycles. The van der Waals surface area contributed by atoms with Gasteiger partial charge in [-0.25, -0.2) is 4.99 Å². The number of guanidine groups is 1. The summed E-state index contributed by atoms with van der Waals surface area (Å²) < 4.78 is 0. The standard InChI is InChI=1S/C18H23N3.HI/c1-2-19-18(20-12-14-10-11-14)21-13-16-8-5-7-15-6-3-4-9-17(15)16;/h3-9,14H,2,10-13H2,1H3,(H2,19,20,21);1H. The zero-order valence-electron chi connectivity index (χ0n) is 13.0. The molecule has 1 fully saturated rings. The van der Waals surface area contributed by atoms with Crippen molar-refractivity contribution in [2.75, 3.05) is 13.1 Å². The summed E-state index contributed by atoms with van der Waals surface area (Å²) in [5, 5.41) is 9.33. The predicted molar refractivity (Wildman–Crippen MR) is 105 cm³/mol. The third-order valence-electron chi connectivity index (χ3n) is 3.89. The summed E-state index contributed by atoms with van der Waals surface area (Å²) in [6.45, 7) is 4.75. The summed E-state index contributed by atoms with van der Waals surface area (Å²) >= 11 is 0. The maximum Gasteiger partial charge on any atom is 0.191 e. The highest BCUT2D eigenvalue weighted by molar-refractivity contribution is 14.0. The summed E-state index contributed by atoms with van der Waals surface area (Å²) in [6.07, 6.45) is 2.71. The number of nitrogens with zero attached hydrogens (tertiary/aromatic N) is 1. The molecule has 0 atom stereocenters. The molecule has 2 aromatic carbocycles. The Bertz CT molecular complexity index is 630. The van der Waals surface area contributed by atoms with E-state index in [2.05, 4.69) is 60.0 Å². The second-order valence-electron chi connectivity index (χ2n) is 5.66. The zero-order chi connectivity index (χ0) is 14.5. The summed E-state index contributed by atoms with van der Waals surface area (Å²) in [6, 6.07) is 14.9. The van der Waals surface area contributed by atoms with Crippen LogP contribution in [0.5, 0.6) is 0 Å². The minimum absolute atomic E-state index is 0. The Balaban J connectivity index is 0.00000176. The van der Waals surface area contributed by atoms with Gasteiger partial charge in [-0.05, 0) is 42.0 Å². The lowest BCUT2D eigenvalue weighted by Gasteiger charge is -2.11. The normalized spacial score (nSPS) is 14.5. The topological polar surface area (TPSA) is 36.4 Å². The molecule has 0 unspecified atom stereocenters. The third-order valence-corrected chi connectivity index (χ3v) is 3.89. The molecule has 0 aliphatic heterocycles. The number of hydrogen-bond donors (Lipinski definition) is 2. The molecule has 118 valence electrons. The molecule has 0 spiro atoms. The molecule has 2 N–H and O–H groups in total. The van der Waals surface area contributed by atoms with Crippen molar-refractivity contribution in [3.05, 3.63) is 48.0 Å². The lowest BCUT2D eigenvalue weighted by atomic mass is 10.1. The number of halogens is 1. The van der Waals surface area contributed by atoms with Crippen LogP contribution >= 0.6 is 24.0 Å². The molecule has 0 bridgehead atoms. The molecular weight excluding hydrogens is 385 g/mol. The minimum atomic E-state index is 0. The van der Waals surface area contributed by atoms with Crippen LogP contribution in [-0.2, 0) is 6.54 Å². The first kappa shape index (κ1) is 17.1. The van der Waals surface area contributed by atoms with Crippen molar-refractivity contribution >= 4 is 40.7 Å². The van der Waals surface area contributed by atoms with Crippen LogP contribution in [-0.4, -0.2) is 19.0 Å². The molecule has 0 amide bonds. The van der Waals surface area contributed by atoms with Crippen molar-refractivity contribution in [3.8, 4) is 0 Å². The second-order valence-corrected chi connectivity index (χ2v) is 5.66. The van der Waals surface area contributed by atoms with Gasteiger partial charge in [-0.3, -0.25) is 0 Å². The first-order chi connectivity index (χ1) is 10.4. The Morgan fingerprint density at radius 1 is 1.09 bits per heavy atom. The highest BCUT2D eigenvalue weighted by atomic mass is 127. The lowest BCUT2D eigenvalue weighted by Crippen LogP contribution is -2.38. The van der Waals surface area contributed by atoms with Gasteiger partial charge < -0.3 is 10.6 Å². The van der Waals surface area contributed by atoms with E-state index in [9.17, 15) is 0 Å². The molecule has 0 aromatic heterocycles. The highest BCUT2D eigenvalue weighted by Crippen LogP contribution is 2.27. The van der Waals surface area contributed by atoms with Crippen LogP contribution in [0.1, 0.15) is 25.3 Å². The molecule has 1 aliphatic carbocycles. The summed E-state index contributed by atoms with van der Waals surface area (Å²) in [5.41, 5.74) is 1.27. The largest absolute Gasteiger partial charge is 0.357 e. The quantitative estimate of drug-likeness (QED) is 0.446. The smallest absolute Gasteiger partial charge is 0.191 e. The monoisotopic (exact) mass is 409 g/mol. The predicted octanol–water partition coefficient (Wildman–Crippen LogP) is 3.92. The van der Waals surface area contributed by atoms with Gasteiger partial charge >= 0.3 is 0 Å². The van der Waals surface area contributed by atoms with Gasteiger partial charge in [0.1, 0.15) is 0 Å². The van der Waals surface area contributed by atoms with E-state index >= 15 is 0 Å². The first-order valence-corrected chi connectivity index (χ1v) is 7.85. The van der Waals surface area contributed by atoms with E-state index in [0.29, 0.717) is 6.54 Å². The van der Waals surface area contributed by atoms with Crippen LogP contribution in [0, 0.1) is 5.92 Å². The van der Waals surface area contributed by atoms with Crippen molar-refractivity contribution in [1.29, 1.82) is 0 Å². The Kier molecular flexibility index (Phi) is 6.49. The van der Waals surface area contributed by atoms with Gasteiger partial charge in [-0.2, -0.15) is 0 Å². The number of benzene rings is 2. The van der Waals surface area contributed by atoms with Crippen molar-refractivity contribution < 1.29 is 0 Å². The zero-order valence-corrected chi connectivity index (χ0v) is 15.3. The molecule has 0 radical (unpaired) electrons. The van der Waals surface area contributed by atoms with Gasteiger partial charge in [-0.15, -0.1) is 24.0 Å². The highest BCUT2D eigenvalue weighted by Gasteiger charge is 2.20. The van der Waals surface area contributed by atoms with E-state index < -0.39 is 0 Å². The SMILES string of the molecule is CCNC(=NCc1cccc2ccccc12)NCC1CC1.I. The van der Waals surface area contributed by atoms with Crippen molar-refractivity contribution in [2.45, 2.75) is 26.3 Å². The van der Waals surface area contributed by atoms with Gasteiger partial charge in [0.2, 0.25) is 0 Å². The lowest BCUT2D eigenvalue weighted by molar-refractivity contribution is 0.739. The Labute approximate surface area is 149 Å². The fourth-order valence-corrected chi connectivity index (χ4v) is 2.50. The van der Waals surface area contributed by atoms with E-state index in [1.54, 1.807) is 0 Å². The molecule has 22 heavy (non-hydrogen) atoms. The Hall–Kier alpha value is -1.30. The van der Waals surface area contributed by atoms with Gasteiger partial charge in [-0.1, -0.05) is 42.5 Å². The van der Waals surface area contributed by atoms with E-state index in [0.717, 1.165) is 25.0 Å². The molecular formula is C18H24IN3. The van der Waals surface area contributed by atoms with Gasteiger partial charge in [0.25, 0.3) is 0 Å². The van der Waals surface area contributed by atoms with Crippen LogP contribution in [0.4, 0.5) is 0 Å². The first-order valence-electron chi connectivity index (χ1n) is 7.85. The van der Waals surface area contributed by atoms with Crippen LogP contribution in [0.3, 0.4) is 0 Å². The number of aliphatic imine (C=N–C) groups is 1. The summed E-state index contributed by atoms with van der Waals surface area (Å²) in [4.78, 5) is 4.73. The van der Waals surface area contributed by atoms with Gasteiger partial charge in [0, 0.05) is 13.1 Å². The molecule has 4 heteroatoms. The fraction of sp³-hybridized carbons (Fsp3) is 0.389. The molecule has 1 aliphatic rings. The van der Waals surface area contributed by atoms with E-state index in [-0.39, 0.29) is 24.0 Å². The van der Waals surface area contributed by atoms with Crippen LogP contribution in [0.15, 0.2) is 47.5 Å². The minimum Gasteiger partial charge on any atom is -0.357 e. The number of hydrogen-bond acceptors (Lipinski definition) is 1. The van der Waals surface area contributed by atoms with Crippen molar-refractivity contribution in [3.63, 3.8) is 0 Å². The number of nitrogens with one attached hydrogen (secondary N) is 2. The number of fused-ring (bicyclic) bond motifs is 1. The molecule has 2 aromatic rings. The maximum atomic E-state index is 4.73. The molecule has 3 nitrogen and oxygen atoms in total. The van der Waals surface area contributed by atoms with E-state index in [4.69, 9.17) is 4.99 Å². The molecule has 0 heterocycles. The van der Waals surface area contributed by atoms with Crippen molar-refractivity contribution in [1.82, 2.24) is 10.6 Å². The van der Waals surface area contributed by atoms with E-state index in [1.165, 1.54) is 29.2 Å². The Morgan fingerprint density at radius 3 is 2.64 bits per heavy atom.